The van der Waals surface area contributed by atoms with Gasteiger partial charge in [0.05, 0.1) is 13.2 Å². The first kappa shape index (κ1) is 10.4. The second-order valence-electron chi connectivity index (χ2n) is 7.40. The molecule has 4 unspecified atom stereocenters. The molecule has 0 radical (unpaired) electrons. The molecule has 0 amide bonds. The molecule has 6 atom stereocenters. The van der Waals surface area contributed by atoms with E-state index in [0.717, 1.165) is 19.3 Å². The third-order valence-corrected chi connectivity index (χ3v) is 7.39. The molecule has 0 aromatic rings. The van der Waals surface area contributed by atoms with Gasteiger partial charge >= 0.3 is 0 Å². The number of carbonyl (C=O) groups excluding carboxylic acids is 1. The molecule has 0 N–H and O–H groups in total. The maximum absolute atomic E-state index is 12.8. The van der Waals surface area contributed by atoms with Gasteiger partial charge < -0.3 is 9.47 Å². The van der Waals surface area contributed by atoms with E-state index >= 15 is 0 Å². The van der Waals surface area contributed by atoms with Crippen molar-refractivity contribution >= 4 is 5.78 Å². The van der Waals surface area contributed by atoms with E-state index in [1.807, 2.05) is 0 Å². The Labute approximate surface area is 107 Å². The highest BCUT2D eigenvalue weighted by atomic mass is 16.7. The van der Waals surface area contributed by atoms with Crippen molar-refractivity contribution in [2.24, 2.45) is 34.5 Å². The molecular formula is C15H20O3. The van der Waals surface area contributed by atoms with E-state index in [-0.39, 0.29) is 16.7 Å². The quantitative estimate of drug-likeness (QED) is 0.658. The molecule has 0 aromatic carbocycles. The minimum atomic E-state index is -0.437. The summed E-state index contributed by atoms with van der Waals surface area (Å²) in [5.74, 6) is 2.18. The van der Waals surface area contributed by atoms with Gasteiger partial charge in [0, 0.05) is 23.7 Å². The van der Waals surface area contributed by atoms with E-state index in [1.54, 1.807) is 0 Å². The maximum atomic E-state index is 12.8. The number of carbonyl (C=O) groups is 1. The first-order valence-corrected chi connectivity index (χ1v) is 7.39. The maximum Gasteiger partial charge on any atom is 0.172 e. The van der Waals surface area contributed by atoms with Crippen molar-refractivity contribution in [1.82, 2.24) is 0 Å². The van der Waals surface area contributed by atoms with Gasteiger partial charge in [-0.2, -0.15) is 0 Å². The molecule has 6 fully saturated rings. The summed E-state index contributed by atoms with van der Waals surface area (Å²) >= 11 is 0. The van der Waals surface area contributed by atoms with Crippen LogP contribution in [0.25, 0.3) is 0 Å². The molecule has 18 heavy (non-hydrogen) atoms. The Bertz CT molecular complexity index is 466. The second-order valence-corrected chi connectivity index (χ2v) is 7.40. The molecule has 5 aliphatic carbocycles. The van der Waals surface area contributed by atoms with Crippen LogP contribution in [0.5, 0.6) is 0 Å². The lowest BCUT2D eigenvalue weighted by Gasteiger charge is -2.54. The Hall–Kier alpha value is -0.410. The van der Waals surface area contributed by atoms with E-state index in [9.17, 15) is 4.79 Å². The number of ketones is 1. The average molecular weight is 248 g/mol. The zero-order valence-electron chi connectivity index (χ0n) is 11.1. The molecular weight excluding hydrogens is 228 g/mol. The number of rotatable bonds is 0. The van der Waals surface area contributed by atoms with Gasteiger partial charge in [0.15, 0.2) is 5.79 Å². The summed E-state index contributed by atoms with van der Waals surface area (Å²) < 4.78 is 12.0. The van der Waals surface area contributed by atoms with E-state index < -0.39 is 5.79 Å². The summed E-state index contributed by atoms with van der Waals surface area (Å²) in [6, 6.07) is 0. The Kier molecular flexibility index (Phi) is 1.48. The lowest BCUT2D eigenvalue weighted by molar-refractivity contribution is -0.256. The molecule has 3 nitrogen and oxygen atoms in total. The van der Waals surface area contributed by atoms with Crippen LogP contribution in [0.4, 0.5) is 0 Å². The molecule has 98 valence electrons. The summed E-state index contributed by atoms with van der Waals surface area (Å²) in [6.45, 7) is 5.98. The minimum Gasteiger partial charge on any atom is -0.347 e. The zero-order chi connectivity index (χ0) is 12.3. The van der Waals surface area contributed by atoms with Gasteiger partial charge in [0.2, 0.25) is 0 Å². The van der Waals surface area contributed by atoms with E-state index in [1.165, 1.54) is 0 Å². The molecule has 1 heterocycles. The molecule has 2 spiro atoms. The topological polar surface area (TPSA) is 35.5 Å². The van der Waals surface area contributed by atoms with Crippen LogP contribution in [0.3, 0.4) is 0 Å². The van der Waals surface area contributed by atoms with Gasteiger partial charge in [0.1, 0.15) is 5.78 Å². The van der Waals surface area contributed by atoms with E-state index in [4.69, 9.17) is 9.47 Å². The van der Waals surface area contributed by atoms with Crippen LogP contribution < -0.4 is 0 Å². The highest BCUT2D eigenvalue weighted by Crippen LogP contribution is 2.86. The highest BCUT2D eigenvalue weighted by Gasteiger charge is 2.88. The Balaban J connectivity index is 1.68. The van der Waals surface area contributed by atoms with Crippen LogP contribution in [0.1, 0.15) is 33.1 Å². The SMILES string of the molecule is C[C@@H]1C2(CC[C@]3(C)C4C5CC13C(=O)C54)OCCO2. The summed E-state index contributed by atoms with van der Waals surface area (Å²) in [6.07, 6.45) is 3.21. The summed E-state index contributed by atoms with van der Waals surface area (Å²) in [5.41, 5.74) is 0.134. The third-order valence-electron chi connectivity index (χ3n) is 7.39. The molecule has 3 heteroatoms. The van der Waals surface area contributed by atoms with Crippen molar-refractivity contribution in [2.75, 3.05) is 13.2 Å². The Morgan fingerprint density at radius 3 is 2.56 bits per heavy atom. The fourth-order valence-corrected chi connectivity index (χ4v) is 6.60. The van der Waals surface area contributed by atoms with Crippen LogP contribution in [-0.2, 0) is 14.3 Å². The molecule has 6 rings (SSSR count). The third kappa shape index (κ3) is 0.726. The van der Waals surface area contributed by atoms with Crippen molar-refractivity contribution in [3.05, 3.63) is 0 Å². The van der Waals surface area contributed by atoms with Gasteiger partial charge in [-0.25, -0.2) is 0 Å². The van der Waals surface area contributed by atoms with Crippen molar-refractivity contribution < 1.29 is 14.3 Å². The molecule has 5 saturated carbocycles. The summed E-state index contributed by atoms with van der Waals surface area (Å²) in [7, 11) is 0. The van der Waals surface area contributed by atoms with Crippen LogP contribution in [0.2, 0.25) is 0 Å². The largest absolute Gasteiger partial charge is 0.347 e. The van der Waals surface area contributed by atoms with Gasteiger partial charge in [-0.1, -0.05) is 13.8 Å². The molecule has 6 aliphatic rings. The predicted molar refractivity (Wildman–Crippen MR) is 63.7 cm³/mol. The lowest BCUT2D eigenvalue weighted by atomic mass is 9.53. The van der Waals surface area contributed by atoms with Crippen molar-refractivity contribution in [3.63, 3.8) is 0 Å². The van der Waals surface area contributed by atoms with Gasteiger partial charge in [0.25, 0.3) is 0 Å². The fraction of sp³-hybridized carbons (Fsp3) is 0.933. The Morgan fingerprint density at radius 1 is 1.22 bits per heavy atom. The number of Topliss-reactive ketones (excluding diaryl/α,β-unsaturated/α-hetero) is 1. The van der Waals surface area contributed by atoms with Crippen molar-refractivity contribution in [1.29, 1.82) is 0 Å². The van der Waals surface area contributed by atoms with Crippen LogP contribution in [-0.4, -0.2) is 24.8 Å². The van der Waals surface area contributed by atoms with E-state index in [0.29, 0.717) is 36.8 Å². The Morgan fingerprint density at radius 2 is 1.94 bits per heavy atom. The molecule has 1 aliphatic heterocycles. The normalized spacial score (nSPS) is 62.4. The zero-order valence-corrected chi connectivity index (χ0v) is 11.1. The standard InChI is InChI=1S/C15H20O3/c1-8-14-7-9-10(12(14)16)11(9)13(14,2)3-4-15(8)17-5-6-18-15/h8-11H,3-7H2,1-2H3/t8-,9?,10?,11?,13+,14?/m0/s1. The van der Waals surface area contributed by atoms with Crippen LogP contribution in [0.15, 0.2) is 0 Å². The molecule has 0 aromatic heterocycles. The summed E-state index contributed by atoms with van der Waals surface area (Å²) in [4.78, 5) is 12.8. The first-order chi connectivity index (χ1) is 8.57. The highest BCUT2D eigenvalue weighted by molar-refractivity contribution is 5.98. The number of hydrogen-bond donors (Lipinski definition) is 0. The van der Waals surface area contributed by atoms with Gasteiger partial charge in [-0.15, -0.1) is 0 Å². The first-order valence-electron chi connectivity index (χ1n) is 7.39. The van der Waals surface area contributed by atoms with Crippen LogP contribution in [0, 0.1) is 34.5 Å². The minimum absolute atomic E-state index is 0.115. The van der Waals surface area contributed by atoms with Gasteiger partial charge in [-0.05, 0) is 30.1 Å². The molecule has 1 saturated heterocycles. The fourth-order valence-electron chi connectivity index (χ4n) is 6.60. The average Bonchev–Trinajstić information content (AvgIpc) is 2.66. The van der Waals surface area contributed by atoms with E-state index in [2.05, 4.69) is 13.8 Å². The summed E-state index contributed by atoms with van der Waals surface area (Å²) in [5, 5.41) is 0. The smallest absolute Gasteiger partial charge is 0.172 e. The van der Waals surface area contributed by atoms with Gasteiger partial charge in [-0.3, -0.25) is 4.79 Å². The number of ether oxygens (including phenoxy) is 2. The van der Waals surface area contributed by atoms with Crippen molar-refractivity contribution in [3.8, 4) is 0 Å². The lowest BCUT2D eigenvalue weighted by Crippen LogP contribution is -2.58. The monoisotopic (exact) mass is 248 g/mol. The van der Waals surface area contributed by atoms with Crippen molar-refractivity contribution in [2.45, 2.75) is 38.9 Å². The molecule has 4 bridgehead atoms. The second kappa shape index (κ2) is 2.57. The predicted octanol–water partition coefficient (Wildman–Crippen LogP) is 2.00. The number of hydrogen-bond acceptors (Lipinski definition) is 3. The van der Waals surface area contributed by atoms with Crippen LogP contribution >= 0.6 is 0 Å².